The number of hydrogen-bond donors (Lipinski definition) is 1. The number of fused-ring (bicyclic) bond motifs is 1. The minimum atomic E-state index is -3.23. The number of aromatic nitrogens is 1. The number of carbonyl (C=O) groups is 1. The lowest BCUT2D eigenvalue weighted by Crippen LogP contribution is -2.11. The van der Waals surface area contributed by atoms with Crippen LogP contribution in [0.15, 0.2) is 77.0 Å². The Bertz CT molecular complexity index is 1280. The van der Waals surface area contributed by atoms with Crippen LogP contribution in [0.25, 0.3) is 22.0 Å². The highest BCUT2D eigenvalue weighted by Crippen LogP contribution is 2.26. The van der Waals surface area contributed by atoms with E-state index in [1.807, 2.05) is 41.8 Å². The number of benzene rings is 3. The molecule has 28 heavy (non-hydrogen) atoms. The minimum absolute atomic E-state index is 0.223. The number of rotatable bonds is 4. The first-order valence-corrected chi connectivity index (χ1v) is 11.2. The van der Waals surface area contributed by atoms with Crippen LogP contribution in [0.2, 0.25) is 0 Å². The van der Waals surface area contributed by atoms with Gasteiger partial charge in [0.05, 0.1) is 10.6 Å². The summed E-state index contributed by atoms with van der Waals surface area (Å²) in [6.07, 6.45) is 1.17. The van der Waals surface area contributed by atoms with E-state index >= 15 is 0 Å². The monoisotopic (exact) mass is 408 g/mol. The van der Waals surface area contributed by atoms with Gasteiger partial charge in [-0.25, -0.2) is 13.4 Å². The molecule has 0 radical (unpaired) electrons. The fraction of sp³-hybridized carbons (Fsp3) is 0.0476. The second kappa shape index (κ2) is 7.18. The van der Waals surface area contributed by atoms with Crippen LogP contribution < -0.4 is 5.32 Å². The summed E-state index contributed by atoms with van der Waals surface area (Å²) in [7, 11) is -3.23. The van der Waals surface area contributed by atoms with Gasteiger partial charge < -0.3 is 0 Å². The molecule has 0 spiro atoms. The molecular formula is C21H16N2O3S2. The van der Waals surface area contributed by atoms with Crippen molar-refractivity contribution in [2.24, 2.45) is 0 Å². The highest BCUT2D eigenvalue weighted by Gasteiger charge is 2.12. The predicted molar refractivity (Wildman–Crippen MR) is 113 cm³/mol. The number of anilines is 1. The maximum Gasteiger partial charge on any atom is 0.257 e. The van der Waals surface area contributed by atoms with E-state index in [2.05, 4.69) is 10.3 Å². The van der Waals surface area contributed by atoms with Crippen molar-refractivity contribution in [3.8, 4) is 11.3 Å². The molecule has 0 saturated heterocycles. The summed E-state index contributed by atoms with van der Waals surface area (Å²) in [5, 5.41) is 7.21. The molecule has 0 aliphatic carbocycles. The Balaban J connectivity index is 1.53. The van der Waals surface area contributed by atoms with Crippen LogP contribution in [0.4, 0.5) is 5.13 Å². The number of nitrogens with zero attached hydrogens (tertiary/aromatic N) is 1. The quantitative estimate of drug-likeness (QED) is 0.535. The van der Waals surface area contributed by atoms with Crippen molar-refractivity contribution in [3.05, 3.63) is 77.7 Å². The van der Waals surface area contributed by atoms with Crippen LogP contribution in [-0.2, 0) is 9.84 Å². The van der Waals surface area contributed by atoms with E-state index in [0.29, 0.717) is 16.4 Å². The first-order chi connectivity index (χ1) is 13.4. The van der Waals surface area contributed by atoms with Crippen molar-refractivity contribution in [2.45, 2.75) is 4.90 Å². The van der Waals surface area contributed by atoms with Gasteiger partial charge in [-0.05, 0) is 35.0 Å². The standard InChI is InChI=1S/C21H16N2O3S2/c1-28(25,26)18-10-8-15(9-11-18)19-13-27-21(22-19)23-20(24)17-7-6-14-4-2-3-5-16(14)12-17/h2-13H,1H3,(H,22,23,24). The fourth-order valence-corrected chi connectivity index (χ4v) is 4.18. The van der Waals surface area contributed by atoms with Crippen LogP contribution in [-0.4, -0.2) is 25.6 Å². The summed E-state index contributed by atoms with van der Waals surface area (Å²) in [6, 6.07) is 19.9. The van der Waals surface area contributed by atoms with Gasteiger partial charge in [-0.15, -0.1) is 11.3 Å². The predicted octanol–water partition coefficient (Wildman–Crippen LogP) is 4.62. The second-order valence-corrected chi connectivity index (χ2v) is 9.22. The molecule has 1 amide bonds. The average Bonchev–Trinajstić information content (AvgIpc) is 3.15. The zero-order chi connectivity index (χ0) is 19.7. The summed E-state index contributed by atoms with van der Waals surface area (Å²) >= 11 is 1.32. The highest BCUT2D eigenvalue weighted by molar-refractivity contribution is 7.90. The number of amides is 1. The Morgan fingerprint density at radius 3 is 2.39 bits per heavy atom. The lowest BCUT2D eigenvalue weighted by atomic mass is 10.1. The Morgan fingerprint density at radius 2 is 1.68 bits per heavy atom. The maximum absolute atomic E-state index is 12.5. The third-order valence-electron chi connectivity index (χ3n) is 4.31. The van der Waals surface area contributed by atoms with Gasteiger partial charge in [0.1, 0.15) is 0 Å². The van der Waals surface area contributed by atoms with Gasteiger partial charge in [0.25, 0.3) is 5.91 Å². The molecule has 7 heteroatoms. The number of nitrogens with one attached hydrogen (secondary N) is 1. The smallest absolute Gasteiger partial charge is 0.257 e. The molecule has 0 aliphatic heterocycles. The van der Waals surface area contributed by atoms with Gasteiger partial charge in [-0.3, -0.25) is 10.1 Å². The molecule has 1 N–H and O–H groups in total. The Morgan fingerprint density at radius 1 is 0.964 bits per heavy atom. The van der Waals surface area contributed by atoms with Crippen LogP contribution in [0.5, 0.6) is 0 Å². The van der Waals surface area contributed by atoms with Crippen LogP contribution >= 0.6 is 11.3 Å². The fourth-order valence-electron chi connectivity index (χ4n) is 2.84. The second-order valence-electron chi connectivity index (χ2n) is 6.35. The molecule has 0 unspecified atom stereocenters. The molecule has 0 bridgehead atoms. The molecule has 0 atom stereocenters. The molecule has 5 nitrogen and oxygen atoms in total. The molecule has 4 rings (SSSR count). The number of carbonyl (C=O) groups excluding carboxylic acids is 1. The van der Waals surface area contributed by atoms with E-state index < -0.39 is 9.84 Å². The van der Waals surface area contributed by atoms with Gasteiger partial charge in [0, 0.05) is 22.8 Å². The lowest BCUT2D eigenvalue weighted by Gasteiger charge is -2.04. The summed E-state index contributed by atoms with van der Waals surface area (Å²) in [4.78, 5) is 17.2. The van der Waals surface area contributed by atoms with Gasteiger partial charge >= 0.3 is 0 Å². The summed E-state index contributed by atoms with van der Waals surface area (Å²) in [5.74, 6) is -0.223. The number of hydrogen-bond acceptors (Lipinski definition) is 5. The summed E-state index contributed by atoms with van der Waals surface area (Å²) in [5.41, 5.74) is 2.03. The van der Waals surface area contributed by atoms with Crippen LogP contribution in [0.3, 0.4) is 0 Å². The molecular weight excluding hydrogens is 392 g/mol. The molecule has 0 aliphatic rings. The molecule has 140 valence electrons. The van der Waals surface area contributed by atoms with Crippen molar-refractivity contribution in [2.75, 3.05) is 11.6 Å². The SMILES string of the molecule is CS(=O)(=O)c1ccc(-c2csc(NC(=O)c3ccc4ccccc4c3)n2)cc1. The Kier molecular flexibility index (Phi) is 4.70. The third-order valence-corrected chi connectivity index (χ3v) is 6.20. The molecule has 0 fully saturated rings. The normalized spacial score (nSPS) is 11.5. The molecule has 1 heterocycles. The zero-order valence-corrected chi connectivity index (χ0v) is 16.5. The lowest BCUT2D eigenvalue weighted by molar-refractivity contribution is 0.102. The van der Waals surface area contributed by atoms with Crippen molar-refractivity contribution < 1.29 is 13.2 Å². The van der Waals surface area contributed by atoms with Crippen molar-refractivity contribution in [1.29, 1.82) is 0 Å². The Hall–Kier alpha value is -3.03. The molecule has 1 aromatic heterocycles. The van der Waals surface area contributed by atoms with Crippen LogP contribution in [0, 0.1) is 0 Å². The van der Waals surface area contributed by atoms with Gasteiger partial charge in [-0.2, -0.15) is 0 Å². The maximum atomic E-state index is 12.5. The number of thiazole rings is 1. The van der Waals surface area contributed by atoms with Crippen molar-refractivity contribution in [1.82, 2.24) is 4.98 Å². The summed E-state index contributed by atoms with van der Waals surface area (Å²) < 4.78 is 23.1. The van der Waals surface area contributed by atoms with E-state index in [9.17, 15) is 13.2 Å². The topological polar surface area (TPSA) is 76.1 Å². The molecule has 4 aromatic rings. The van der Waals surface area contributed by atoms with Crippen molar-refractivity contribution >= 4 is 43.0 Å². The van der Waals surface area contributed by atoms with E-state index in [0.717, 1.165) is 16.3 Å². The third kappa shape index (κ3) is 3.81. The van der Waals surface area contributed by atoms with E-state index in [1.165, 1.54) is 17.6 Å². The molecule has 0 saturated carbocycles. The zero-order valence-electron chi connectivity index (χ0n) is 14.9. The minimum Gasteiger partial charge on any atom is -0.298 e. The van der Waals surface area contributed by atoms with Crippen LogP contribution in [0.1, 0.15) is 10.4 Å². The molecule has 3 aromatic carbocycles. The first-order valence-electron chi connectivity index (χ1n) is 8.46. The van der Waals surface area contributed by atoms with Gasteiger partial charge in [-0.1, -0.05) is 42.5 Å². The van der Waals surface area contributed by atoms with E-state index in [4.69, 9.17) is 0 Å². The van der Waals surface area contributed by atoms with Crippen molar-refractivity contribution in [3.63, 3.8) is 0 Å². The van der Waals surface area contributed by atoms with Gasteiger partial charge in [0.15, 0.2) is 15.0 Å². The highest BCUT2D eigenvalue weighted by atomic mass is 32.2. The largest absolute Gasteiger partial charge is 0.298 e. The van der Waals surface area contributed by atoms with Gasteiger partial charge in [0.2, 0.25) is 0 Å². The van der Waals surface area contributed by atoms with E-state index in [-0.39, 0.29) is 10.8 Å². The first kappa shape index (κ1) is 18.3. The Labute approximate surface area is 166 Å². The van der Waals surface area contributed by atoms with E-state index in [1.54, 1.807) is 30.3 Å². The number of sulfone groups is 1. The average molecular weight is 409 g/mol. The summed E-state index contributed by atoms with van der Waals surface area (Å²) in [6.45, 7) is 0.